The monoisotopic (exact) mass is 245 g/mol. The number of nitrogens with zero attached hydrogens (tertiary/aromatic N) is 3. The van der Waals surface area contributed by atoms with Crippen molar-refractivity contribution >= 4 is 0 Å². The summed E-state index contributed by atoms with van der Waals surface area (Å²) < 4.78 is 6.17. The van der Waals surface area contributed by atoms with Crippen molar-refractivity contribution < 1.29 is 4.74 Å². The molecule has 3 aliphatic heterocycles. The molecule has 5 rings (SSSR count). The molecule has 0 radical (unpaired) electrons. The smallest absolute Gasteiger partial charge is 0.232 e. The number of rotatable bonds is 2. The van der Waals surface area contributed by atoms with Gasteiger partial charge in [0.1, 0.15) is 6.10 Å². The standard InChI is InChI=1S/C14H19N3O/c1-9-4-15-5-13(16-9)18-14-11-2-10-3-12(14)8-17(6-10)7-11/h4-5,10-12,14H,2-3,6-8H2,1H3. The maximum atomic E-state index is 6.17. The zero-order valence-corrected chi connectivity index (χ0v) is 10.7. The molecule has 1 aromatic rings. The van der Waals surface area contributed by atoms with Crippen LogP contribution in [0.2, 0.25) is 0 Å². The van der Waals surface area contributed by atoms with Crippen LogP contribution in [0.15, 0.2) is 12.4 Å². The van der Waals surface area contributed by atoms with Gasteiger partial charge in [0.15, 0.2) is 0 Å². The minimum absolute atomic E-state index is 0.369. The second kappa shape index (κ2) is 3.92. The van der Waals surface area contributed by atoms with Crippen molar-refractivity contribution in [3.63, 3.8) is 0 Å². The second-order valence-corrected chi connectivity index (χ2v) is 6.16. The summed E-state index contributed by atoms with van der Waals surface area (Å²) in [5, 5.41) is 0. The highest BCUT2D eigenvalue weighted by atomic mass is 16.5. The molecule has 0 spiro atoms. The third-order valence-electron chi connectivity index (χ3n) is 4.69. The SMILES string of the molecule is Cc1cncc(OC2C3CC4CC2CN(C4)C3)n1. The van der Waals surface area contributed by atoms with Crippen LogP contribution in [0.5, 0.6) is 5.88 Å². The molecule has 4 heteroatoms. The molecule has 0 N–H and O–H groups in total. The van der Waals surface area contributed by atoms with Gasteiger partial charge in [-0.05, 0) is 25.7 Å². The molecule has 3 saturated heterocycles. The first-order chi connectivity index (χ1) is 8.78. The summed E-state index contributed by atoms with van der Waals surface area (Å²) in [7, 11) is 0. The fourth-order valence-electron chi connectivity index (χ4n) is 4.19. The van der Waals surface area contributed by atoms with Gasteiger partial charge in [0.25, 0.3) is 0 Å². The van der Waals surface area contributed by atoms with Gasteiger partial charge in [0, 0.05) is 37.7 Å². The molecule has 96 valence electrons. The van der Waals surface area contributed by atoms with Crippen molar-refractivity contribution in [2.45, 2.75) is 25.9 Å². The topological polar surface area (TPSA) is 38.2 Å². The number of ether oxygens (including phenoxy) is 1. The van der Waals surface area contributed by atoms with Crippen molar-refractivity contribution in [1.82, 2.24) is 14.9 Å². The first kappa shape index (κ1) is 10.7. The van der Waals surface area contributed by atoms with Gasteiger partial charge in [-0.1, -0.05) is 0 Å². The minimum atomic E-state index is 0.369. The Bertz CT molecular complexity index is 434. The second-order valence-electron chi connectivity index (χ2n) is 6.16. The van der Waals surface area contributed by atoms with Crippen molar-refractivity contribution in [2.24, 2.45) is 17.8 Å². The number of hydrogen-bond acceptors (Lipinski definition) is 4. The molecular formula is C14H19N3O. The summed E-state index contributed by atoms with van der Waals surface area (Å²) >= 11 is 0. The molecule has 4 aliphatic rings. The molecular weight excluding hydrogens is 226 g/mol. The van der Waals surface area contributed by atoms with E-state index in [2.05, 4.69) is 14.9 Å². The lowest BCUT2D eigenvalue weighted by molar-refractivity contribution is -0.0998. The molecule has 4 nitrogen and oxygen atoms in total. The van der Waals surface area contributed by atoms with Crippen molar-refractivity contribution in [2.75, 3.05) is 19.6 Å². The summed E-state index contributed by atoms with van der Waals surface area (Å²) in [5.74, 6) is 3.05. The molecule has 4 heterocycles. The molecule has 1 aromatic heterocycles. The number of hydrogen-bond donors (Lipinski definition) is 0. The van der Waals surface area contributed by atoms with Gasteiger partial charge in [0.05, 0.1) is 11.9 Å². The fraction of sp³-hybridized carbons (Fsp3) is 0.714. The summed E-state index contributed by atoms with van der Waals surface area (Å²) in [6.45, 7) is 5.72. The van der Waals surface area contributed by atoms with Gasteiger partial charge in [-0.15, -0.1) is 0 Å². The summed E-state index contributed by atoms with van der Waals surface area (Å²) in [5.41, 5.74) is 0.931. The Balaban J connectivity index is 1.55. The van der Waals surface area contributed by atoms with E-state index in [1.165, 1.54) is 32.5 Å². The zero-order chi connectivity index (χ0) is 12.1. The molecule has 0 aromatic carbocycles. The van der Waals surface area contributed by atoms with E-state index >= 15 is 0 Å². The van der Waals surface area contributed by atoms with Crippen LogP contribution in [0.25, 0.3) is 0 Å². The largest absolute Gasteiger partial charge is 0.473 e. The highest BCUT2D eigenvalue weighted by Crippen LogP contribution is 2.44. The Labute approximate surface area is 107 Å². The highest BCUT2D eigenvalue weighted by molar-refractivity contribution is 5.10. The predicted octanol–water partition coefficient (Wildman–Crippen LogP) is 1.50. The molecule has 1 aliphatic carbocycles. The lowest BCUT2D eigenvalue weighted by atomic mass is 9.66. The third kappa shape index (κ3) is 1.70. The Morgan fingerprint density at radius 3 is 2.61 bits per heavy atom. The molecule has 0 amide bonds. The van der Waals surface area contributed by atoms with Crippen LogP contribution in [0, 0.1) is 24.7 Å². The molecule has 4 bridgehead atoms. The first-order valence-corrected chi connectivity index (χ1v) is 6.95. The van der Waals surface area contributed by atoms with Crippen LogP contribution in [0.4, 0.5) is 0 Å². The fourth-order valence-corrected chi connectivity index (χ4v) is 4.19. The molecule has 2 atom stereocenters. The third-order valence-corrected chi connectivity index (χ3v) is 4.69. The summed E-state index contributed by atoms with van der Waals surface area (Å²) in [6, 6.07) is 0. The van der Waals surface area contributed by atoms with Gasteiger partial charge in [0.2, 0.25) is 5.88 Å². The first-order valence-electron chi connectivity index (χ1n) is 6.95. The maximum absolute atomic E-state index is 6.17. The average molecular weight is 245 g/mol. The molecule has 4 fully saturated rings. The van der Waals surface area contributed by atoms with Gasteiger partial charge in [-0.25, -0.2) is 4.98 Å². The van der Waals surface area contributed by atoms with Gasteiger partial charge in [-0.2, -0.15) is 0 Å². The maximum Gasteiger partial charge on any atom is 0.232 e. The Morgan fingerprint density at radius 2 is 1.94 bits per heavy atom. The van der Waals surface area contributed by atoms with E-state index in [0.717, 1.165) is 11.6 Å². The molecule has 18 heavy (non-hydrogen) atoms. The van der Waals surface area contributed by atoms with Crippen LogP contribution in [0.3, 0.4) is 0 Å². The lowest BCUT2D eigenvalue weighted by Crippen LogP contribution is -2.61. The van der Waals surface area contributed by atoms with Gasteiger partial charge >= 0.3 is 0 Å². The van der Waals surface area contributed by atoms with Gasteiger partial charge < -0.3 is 9.64 Å². The predicted molar refractivity (Wildman–Crippen MR) is 67.3 cm³/mol. The minimum Gasteiger partial charge on any atom is -0.473 e. The van der Waals surface area contributed by atoms with E-state index in [-0.39, 0.29) is 0 Å². The van der Waals surface area contributed by atoms with Crippen LogP contribution in [0.1, 0.15) is 18.5 Å². The van der Waals surface area contributed by atoms with E-state index in [1.54, 1.807) is 12.4 Å². The lowest BCUT2D eigenvalue weighted by Gasteiger charge is -2.55. The Morgan fingerprint density at radius 1 is 1.17 bits per heavy atom. The van der Waals surface area contributed by atoms with E-state index in [4.69, 9.17) is 4.74 Å². The number of piperidine rings is 3. The summed E-state index contributed by atoms with van der Waals surface area (Å²) in [4.78, 5) is 11.2. The van der Waals surface area contributed by atoms with Crippen LogP contribution >= 0.6 is 0 Å². The van der Waals surface area contributed by atoms with E-state index in [1.807, 2.05) is 6.92 Å². The van der Waals surface area contributed by atoms with Crippen LogP contribution < -0.4 is 4.74 Å². The zero-order valence-electron chi connectivity index (χ0n) is 10.7. The quantitative estimate of drug-likeness (QED) is 0.791. The van der Waals surface area contributed by atoms with E-state index < -0.39 is 0 Å². The normalized spacial score (nSPS) is 41.1. The van der Waals surface area contributed by atoms with Gasteiger partial charge in [-0.3, -0.25) is 4.98 Å². The van der Waals surface area contributed by atoms with E-state index in [0.29, 0.717) is 23.8 Å². The van der Waals surface area contributed by atoms with E-state index in [9.17, 15) is 0 Å². The molecule has 1 saturated carbocycles. The van der Waals surface area contributed by atoms with Crippen molar-refractivity contribution in [3.05, 3.63) is 18.1 Å². The Hall–Kier alpha value is -1.16. The average Bonchev–Trinajstić information content (AvgIpc) is 2.33. The molecule has 2 unspecified atom stereocenters. The van der Waals surface area contributed by atoms with Crippen molar-refractivity contribution in [1.29, 1.82) is 0 Å². The Kier molecular flexibility index (Phi) is 2.34. The van der Waals surface area contributed by atoms with Crippen LogP contribution in [-0.2, 0) is 0 Å². The highest BCUT2D eigenvalue weighted by Gasteiger charge is 2.48. The number of aryl methyl sites for hydroxylation is 1. The number of aromatic nitrogens is 2. The van der Waals surface area contributed by atoms with Crippen LogP contribution in [-0.4, -0.2) is 40.6 Å². The van der Waals surface area contributed by atoms with Crippen molar-refractivity contribution in [3.8, 4) is 5.88 Å². The summed E-state index contributed by atoms with van der Waals surface area (Å²) in [6.07, 6.45) is 6.58.